The fourth-order valence-electron chi connectivity index (χ4n) is 5.03. The van der Waals surface area contributed by atoms with E-state index in [2.05, 4.69) is 16.9 Å². The highest BCUT2D eigenvalue weighted by Crippen LogP contribution is 2.44. The molecule has 2 aliphatic rings. The molecule has 5 atom stereocenters. The summed E-state index contributed by atoms with van der Waals surface area (Å²) in [5.41, 5.74) is 8.51. The maximum absolute atomic E-state index is 14.4. The van der Waals surface area contributed by atoms with E-state index in [4.69, 9.17) is 5.73 Å². The number of benzene rings is 1. The van der Waals surface area contributed by atoms with Gasteiger partial charge in [-0.3, -0.25) is 4.90 Å². The Kier molecular flexibility index (Phi) is 5.03. The quantitative estimate of drug-likeness (QED) is 0.819. The third-order valence-electron chi connectivity index (χ3n) is 6.69. The fourth-order valence-corrected chi connectivity index (χ4v) is 5.60. The molecular formula is C20H26F2N4O2S. The lowest BCUT2D eigenvalue weighted by Crippen LogP contribution is -2.52. The lowest BCUT2D eigenvalue weighted by atomic mass is 9.66. The minimum Gasteiger partial charge on any atom is -0.327 e. The molecule has 1 fully saturated rings. The first-order valence-electron chi connectivity index (χ1n) is 9.78. The summed E-state index contributed by atoms with van der Waals surface area (Å²) < 4.78 is 52.6. The largest absolute Gasteiger partial charge is 0.327 e. The standard InChI is InChI=1S/C20H26F2N4O2S/c1-11-12(2)20(15-6-14(21)4-5-16(15)22)17(23)7-19(11)25-8-13-9-26(29(3,27)28)24-18(13)10-25/h4-6,9,11-12,17,19-20H,7-8,10,23H2,1-3H3/t11-,12+,17-,19+,20?/m0/s1. The summed E-state index contributed by atoms with van der Waals surface area (Å²) in [6, 6.07) is 3.42. The molecule has 0 bridgehead atoms. The van der Waals surface area contributed by atoms with Gasteiger partial charge in [-0.2, -0.15) is 9.19 Å². The molecule has 1 aromatic heterocycles. The van der Waals surface area contributed by atoms with Crippen LogP contribution in [0, 0.1) is 23.5 Å². The Morgan fingerprint density at radius 2 is 1.90 bits per heavy atom. The van der Waals surface area contributed by atoms with Gasteiger partial charge in [-0.05, 0) is 42.0 Å². The van der Waals surface area contributed by atoms with E-state index < -0.39 is 21.7 Å². The first-order valence-corrected chi connectivity index (χ1v) is 11.6. The third-order valence-corrected chi connectivity index (χ3v) is 7.55. The zero-order chi connectivity index (χ0) is 21.1. The van der Waals surface area contributed by atoms with Gasteiger partial charge in [0.25, 0.3) is 10.0 Å². The van der Waals surface area contributed by atoms with Crippen molar-refractivity contribution in [1.29, 1.82) is 0 Å². The van der Waals surface area contributed by atoms with Crippen LogP contribution in [0.4, 0.5) is 8.78 Å². The van der Waals surface area contributed by atoms with E-state index in [1.165, 1.54) is 12.1 Å². The zero-order valence-corrected chi connectivity index (χ0v) is 17.5. The molecule has 29 heavy (non-hydrogen) atoms. The summed E-state index contributed by atoms with van der Waals surface area (Å²) in [6.45, 7) is 5.34. The molecule has 158 valence electrons. The van der Waals surface area contributed by atoms with Crippen molar-refractivity contribution in [1.82, 2.24) is 14.1 Å². The van der Waals surface area contributed by atoms with Crippen LogP contribution in [0.15, 0.2) is 24.4 Å². The molecule has 1 aromatic carbocycles. The summed E-state index contributed by atoms with van der Waals surface area (Å²) in [4.78, 5) is 2.27. The van der Waals surface area contributed by atoms with E-state index in [-0.39, 0.29) is 29.8 Å². The van der Waals surface area contributed by atoms with Gasteiger partial charge < -0.3 is 5.73 Å². The molecule has 6 nitrogen and oxygen atoms in total. The molecule has 2 N–H and O–H groups in total. The Morgan fingerprint density at radius 3 is 2.55 bits per heavy atom. The second-order valence-corrected chi connectivity index (χ2v) is 10.4. The first-order chi connectivity index (χ1) is 13.6. The monoisotopic (exact) mass is 424 g/mol. The number of nitrogens with zero attached hydrogens (tertiary/aromatic N) is 3. The van der Waals surface area contributed by atoms with Gasteiger partial charge in [0.2, 0.25) is 0 Å². The van der Waals surface area contributed by atoms with Crippen LogP contribution in [0.5, 0.6) is 0 Å². The van der Waals surface area contributed by atoms with E-state index in [0.717, 1.165) is 27.7 Å². The molecule has 1 aliphatic carbocycles. The van der Waals surface area contributed by atoms with Crippen molar-refractivity contribution >= 4 is 10.0 Å². The van der Waals surface area contributed by atoms with Gasteiger partial charge in [-0.25, -0.2) is 17.2 Å². The Hall–Kier alpha value is -1.84. The Bertz CT molecular complexity index is 1020. The van der Waals surface area contributed by atoms with Crippen LogP contribution in [0.3, 0.4) is 0 Å². The molecule has 2 heterocycles. The SMILES string of the molecule is C[C@@H]1[C@H](N2Cc3cn(S(C)(=O)=O)nc3C2)C[C@H](N)C(c2cc(F)ccc2F)[C@@H]1C. The molecule has 0 radical (unpaired) electrons. The summed E-state index contributed by atoms with van der Waals surface area (Å²) in [5.74, 6) is -0.863. The second kappa shape index (κ2) is 7.14. The molecule has 9 heteroatoms. The minimum atomic E-state index is -3.40. The number of nitrogens with two attached hydrogens (primary N) is 1. The summed E-state index contributed by atoms with van der Waals surface area (Å²) in [5, 5.41) is 4.22. The average Bonchev–Trinajstić information content (AvgIpc) is 3.20. The van der Waals surface area contributed by atoms with Crippen LogP contribution < -0.4 is 5.73 Å². The highest BCUT2D eigenvalue weighted by Gasteiger charge is 2.44. The van der Waals surface area contributed by atoms with Crippen molar-refractivity contribution in [3.63, 3.8) is 0 Å². The normalized spacial score (nSPS) is 30.5. The average molecular weight is 425 g/mol. The van der Waals surface area contributed by atoms with Gasteiger partial charge in [0, 0.05) is 42.9 Å². The zero-order valence-electron chi connectivity index (χ0n) is 16.7. The molecule has 0 amide bonds. The minimum absolute atomic E-state index is 0.0592. The molecule has 1 aliphatic heterocycles. The van der Waals surface area contributed by atoms with Crippen molar-refractivity contribution in [2.45, 2.75) is 51.4 Å². The maximum Gasteiger partial charge on any atom is 0.250 e. The summed E-state index contributed by atoms with van der Waals surface area (Å²) in [6.07, 6.45) is 3.36. The molecule has 1 saturated carbocycles. The molecule has 1 unspecified atom stereocenters. The molecule has 2 aromatic rings. The van der Waals surface area contributed by atoms with Gasteiger partial charge in [0.05, 0.1) is 11.9 Å². The maximum atomic E-state index is 14.4. The van der Waals surface area contributed by atoms with Crippen molar-refractivity contribution < 1.29 is 17.2 Å². The number of aromatic nitrogens is 2. The molecule has 0 saturated heterocycles. The van der Waals surface area contributed by atoms with Gasteiger partial charge in [-0.15, -0.1) is 0 Å². The number of halogens is 2. The number of rotatable bonds is 3. The fraction of sp³-hybridized carbons (Fsp3) is 0.550. The summed E-state index contributed by atoms with van der Waals surface area (Å²) in [7, 11) is -3.40. The van der Waals surface area contributed by atoms with Gasteiger partial charge >= 0.3 is 0 Å². The first kappa shape index (κ1) is 20.4. The second-order valence-electron chi connectivity index (χ2n) is 8.52. The predicted molar refractivity (Wildman–Crippen MR) is 106 cm³/mol. The van der Waals surface area contributed by atoms with E-state index in [1.807, 2.05) is 6.92 Å². The van der Waals surface area contributed by atoms with Crippen molar-refractivity contribution in [2.24, 2.45) is 17.6 Å². The Balaban J connectivity index is 1.54. The summed E-state index contributed by atoms with van der Waals surface area (Å²) >= 11 is 0. The Morgan fingerprint density at radius 1 is 1.17 bits per heavy atom. The van der Waals surface area contributed by atoms with Crippen LogP contribution >= 0.6 is 0 Å². The topological polar surface area (TPSA) is 81.2 Å². The van der Waals surface area contributed by atoms with Crippen LogP contribution in [-0.4, -0.2) is 40.8 Å². The van der Waals surface area contributed by atoms with Crippen molar-refractivity contribution in [3.8, 4) is 0 Å². The lowest BCUT2D eigenvalue weighted by Gasteiger charge is -2.47. The van der Waals surface area contributed by atoms with Crippen LogP contribution in [-0.2, 0) is 23.1 Å². The van der Waals surface area contributed by atoms with Crippen molar-refractivity contribution in [3.05, 3.63) is 52.9 Å². The third kappa shape index (κ3) is 3.60. The number of hydrogen-bond donors (Lipinski definition) is 1. The number of hydrogen-bond acceptors (Lipinski definition) is 5. The number of fused-ring (bicyclic) bond motifs is 1. The van der Waals surface area contributed by atoms with Crippen molar-refractivity contribution in [2.75, 3.05) is 6.26 Å². The molecule has 0 spiro atoms. The molecular weight excluding hydrogens is 398 g/mol. The van der Waals surface area contributed by atoms with E-state index >= 15 is 0 Å². The highest BCUT2D eigenvalue weighted by molar-refractivity contribution is 7.89. The van der Waals surface area contributed by atoms with Crippen LogP contribution in [0.2, 0.25) is 0 Å². The van der Waals surface area contributed by atoms with E-state index in [0.29, 0.717) is 25.1 Å². The lowest BCUT2D eigenvalue weighted by molar-refractivity contribution is 0.0546. The van der Waals surface area contributed by atoms with Crippen LogP contribution in [0.25, 0.3) is 0 Å². The van der Waals surface area contributed by atoms with Gasteiger partial charge in [0.15, 0.2) is 0 Å². The molecule has 4 rings (SSSR count). The van der Waals surface area contributed by atoms with Gasteiger partial charge in [0.1, 0.15) is 11.6 Å². The highest BCUT2D eigenvalue weighted by atomic mass is 32.2. The smallest absolute Gasteiger partial charge is 0.250 e. The van der Waals surface area contributed by atoms with E-state index in [9.17, 15) is 17.2 Å². The van der Waals surface area contributed by atoms with Gasteiger partial charge in [-0.1, -0.05) is 13.8 Å². The van der Waals surface area contributed by atoms with Crippen LogP contribution in [0.1, 0.15) is 43.0 Å². The van der Waals surface area contributed by atoms with E-state index in [1.54, 1.807) is 6.20 Å². The Labute approximate surface area is 169 Å². The predicted octanol–water partition coefficient (Wildman–Crippen LogP) is 2.44.